The van der Waals surface area contributed by atoms with Crippen molar-refractivity contribution in [3.8, 4) is 11.2 Å². The fourth-order valence-corrected chi connectivity index (χ4v) is 2.06. The molecule has 1 saturated heterocycles. The van der Waals surface area contributed by atoms with E-state index in [9.17, 15) is 0 Å². The predicted octanol–water partition coefficient (Wildman–Crippen LogP) is 2.98. The molecule has 78 valence electrons. The number of hydrogen-bond donors (Lipinski definition) is 0. The Labute approximate surface area is 106 Å². The van der Waals surface area contributed by atoms with Gasteiger partial charge < -0.3 is 4.74 Å². The SMILES string of the molecule is ISC#Cc1ccc(C2CCOC2)cn1. The van der Waals surface area contributed by atoms with Gasteiger partial charge in [0.05, 0.1) is 6.61 Å². The zero-order chi connectivity index (χ0) is 10.5. The fourth-order valence-electron chi connectivity index (χ4n) is 1.59. The second-order valence-corrected chi connectivity index (χ2v) is 5.02. The van der Waals surface area contributed by atoms with E-state index in [4.69, 9.17) is 4.74 Å². The van der Waals surface area contributed by atoms with Crippen LogP contribution in [0.2, 0.25) is 0 Å². The lowest BCUT2D eigenvalue weighted by molar-refractivity contribution is 0.194. The zero-order valence-electron chi connectivity index (χ0n) is 8.07. The standard InChI is InChI=1S/C11H10INOS/c12-15-6-4-11-2-1-9(7-13-11)10-3-5-14-8-10/h1-2,7,10H,3,5,8H2. The molecule has 1 aromatic rings. The van der Waals surface area contributed by atoms with Crippen LogP contribution in [0.5, 0.6) is 0 Å². The molecule has 0 aliphatic carbocycles. The molecule has 1 unspecified atom stereocenters. The molecule has 2 nitrogen and oxygen atoms in total. The molecule has 0 bridgehead atoms. The van der Waals surface area contributed by atoms with Crippen molar-refractivity contribution in [1.29, 1.82) is 0 Å². The third kappa shape index (κ3) is 3.10. The summed E-state index contributed by atoms with van der Waals surface area (Å²) in [6.45, 7) is 1.70. The topological polar surface area (TPSA) is 22.1 Å². The Kier molecular flexibility index (Phi) is 4.29. The van der Waals surface area contributed by atoms with Crippen molar-refractivity contribution in [3.05, 3.63) is 29.6 Å². The number of halogens is 1. The normalized spacial score (nSPS) is 19.7. The Morgan fingerprint density at radius 2 is 2.47 bits per heavy atom. The molecular weight excluding hydrogens is 321 g/mol. The van der Waals surface area contributed by atoms with Crippen LogP contribution in [0.15, 0.2) is 18.3 Å². The average molecular weight is 331 g/mol. The number of hydrogen-bond acceptors (Lipinski definition) is 3. The van der Waals surface area contributed by atoms with Crippen LogP contribution in [0.25, 0.3) is 0 Å². The van der Waals surface area contributed by atoms with Crippen LogP contribution in [0.4, 0.5) is 0 Å². The summed E-state index contributed by atoms with van der Waals surface area (Å²) >= 11 is 2.15. The summed E-state index contributed by atoms with van der Waals surface area (Å²) in [7, 11) is 1.47. The number of rotatable bonds is 1. The third-order valence-corrected chi connectivity index (χ3v) is 3.24. The van der Waals surface area contributed by atoms with Gasteiger partial charge in [-0.15, -0.1) is 0 Å². The Balaban J connectivity index is 2.09. The molecule has 1 fully saturated rings. The maximum atomic E-state index is 5.35. The summed E-state index contributed by atoms with van der Waals surface area (Å²) in [5.74, 6) is 3.50. The van der Waals surface area contributed by atoms with Gasteiger partial charge in [0.25, 0.3) is 0 Å². The van der Waals surface area contributed by atoms with Gasteiger partial charge in [0, 0.05) is 39.9 Å². The Bertz CT molecular complexity index is 376. The van der Waals surface area contributed by atoms with Gasteiger partial charge in [-0.1, -0.05) is 6.07 Å². The van der Waals surface area contributed by atoms with E-state index in [1.165, 1.54) is 14.5 Å². The quantitative estimate of drug-likeness (QED) is 0.583. The highest BCUT2D eigenvalue weighted by Crippen LogP contribution is 2.24. The molecular formula is C11H10INOS. The van der Waals surface area contributed by atoms with Gasteiger partial charge in [0.2, 0.25) is 0 Å². The van der Waals surface area contributed by atoms with E-state index in [1.807, 2.05) is 12.3 Å². The molecule has 4 heteroatoms. The van der Waals surface area contributed by atoms with Crippen molar-refractivity contribution >= 4 is 30.1 Å². The smallest absolute Gasteiger partial charge is 0.114 e. The molecule has 0 spiro atoms. The van der Waals surface area contributed by atoms with Crippen molar-refractivity contribution in [2.24, 2.45) is 0 Å². The summed E-state index contributed by atoms with van der Waals surface area (Å²) in [5.41, 5.74) is 2.10. The van der Waals surface area contributed by atoms with E-state index in [-0.39, 0.29) is 0 Å². The molecule has 0 amide bonds. The highest BCUT2D eigenvalue weighted by atomic mass is 127. The van der Waals surface area contributed by atoms with Crippen molar-refractivity contribution in [2.45, 2.75) is 12.3 Å². The number of pyridine rings is 1. The lowest BCUT2D eigenvalue weighted by Crippen LogP contribution is -1.98. The number of ether oxygens (including phenoxy) is 1. The molecule has 0 radical (unpaired) electrons. The maximum absolute atomic E-state index is 5.35. The Hall–Kier alpha value is -0.250. The van der Waals surface area contributed by atoms with E-state index >= 15 is 0 Å². The lowest BCUT2D eigenvalue weighted by atomic mass is 10.0. The first-order valence-electron chi connectivity index (χ1n) is 4.72. The lowest BCUT2D eigenvalue weighted by Gasteiger charge is -2.06. The largest absolute Gasteiger partial charge is 0.381 e. The van der Waals surface area contributed by atoms with Crippen LogP contribution in [0, 0.1) is 11.2 Å². The van der Waals surface area contributed by atoms with Crippen molar-refractivity contribution in [3.63, 3.8) is 0 Å². The minimum absolute atomic E-state index is 0.526. The zero-order valence-corrected chi connectivity index (χ0v) is 11.0. The monoisotopic (exact) mass is 331 g/mol. The summed E-state index contributed by atoms with van der Waals surface area (Å²) in [6, 6.07) is 4.09. The average Bonchev–Trinajstić information content (AvgIpc) is 2.80. The van der Waals surface area contributed by atoms with Crippen LogP contribution in [0.3, 0.4) is 0 Å². The molecule has 2 rings (SSSR count). The van der Waals surface area contributed by atoms with Gasteiger partial charge in [-0.3, -0.25) is 0 Å². The molecule has 1 aliphatic heterocycles. The highest BCUT2D eigenvalue weighted by molar-refractivity contribution is 14.2. The molecule has 1 aromatic heterocycles. The summed E-state index contributed by atoms with van der Waals surface area (Å²) < 4.78 is 5.35. The minimum Gasteiger partial charge on any atom is -0.381 e. The van der Waals surface area contributed by atoms with Gasteiger partial charge >= 0.3 is 0 Å². The van der Waals surface area contributed by atoms with E-state index in [2.05, 4.69) is 43.4 Å². The first kappa shape index (κ1) is 11.2. The van der Waals surface area contributed by atoms with E-state index in [0.29, 0.717) is 5.92 Å². The van der Waals surface area contributed by atoms with E-state index < -0.39 is 0 Å². The number of nitrogens with zero attached hydrogens (tertiary/aromatic N) is 1. The molecule has 1 atom stereocenters. The van der Waals surface area contributed by atoms with Gasteiger partial charge in [-0.25, -0.2) is 4.98 Å². The minimum atomic E-state index is 0.526. The fraction of sp³-hybridized carbons (Fsp3) is 0.364. The van der Waals surface area contributed by atoms with Crippen LogP contribution < -0.4 is 0 Å². The Morgan fingerprint density at radius 3 is 3.07 bits per heavy atom. The molecule has 1 aliphatic rings. The second-order valence-electron chi connectivity index (χ2n) is 3.34. The van der Waals surface area contributed by atoms with Gasteiger partial charge in [0.15, 0.2) is 0 Å². The summed E-state index contributed by atoms with van der Waals surface area (Å²) in [5, 5.41) is 2.92. The molecule has 0 aromatic carbocycles. The van der Waals surface area contributed by atoms with Crippen LogP contribution >= 0.6 is 30.1 Å². The van der Waals surface area contributed by atoms with E-state index in [0.717, 1.165) is 25.3 Å². The summed E-state index contributed by atoms with van der Waals surface area (Å²) in [6.07, 6.45) is 3.03. The first-order chi connectivity index (χ1) is 7.40. The summed E-state index contributed by atoms with van der Waals surface area (Å²) in [4.78, 5) is 4.31. The second kappa shape index (κ2) is 5.73. The van der Waals surface area contributed by atoms with Crippen molar-refractivity contribution < 1.29 is 4.74 Å². The highest BCUT2D eigenvalue weighted by Gasteiger charge is 2.17. The third-order valence-electron chi connectivity index (χ3n) is 2.41. The first-order valence-corrected chi connectivity index (χ1v) is 8.08. The molecule has 0 N–H and O–H groups in total. The number of aromatic nitrogens is 1. The molecule has 2 heterocycles. The van der Waals surface area contributed by atoms with Crippen LogP contribution in [0.1, 0.15) is 23.6 Å². The predicted molar refractivity (Wildman–Crippen MR) is 70.9 cm³/mol. The van der Waals surface area contributed by atoms with Gasteiger partial charge in [-0.05, 0) is 38.2 Å². The van der Waals surface area contributed by atoms with Crippen LogP contribution in [-0.2, 0) is 4.74 Å². The maximum Gasteiger partial charge on any atom is 0.114 e. The van der Waals surface area contributed by atoms with Gasteiger partial charge in [-0.2, -0.15) is 0 Å². The van der Waals surface area contributed by atoms with Crippen molar-refractivity contribution in [2.75, 3.05) is 13.2 Å². The Morgan fingerprint density at radius 1 is 1.53 bits per heavy atom. The van der Waals surface area contributed by atoms with Crippen LogP contribution in [-0.4, -0.2) is 18.2 Å². The van der Waals surface area contributed by atoms with E-state index in [1.54, 1.807) is 0 Å². The van der Waals surface area contributed by atoms with Gasteiger partial charge in [0.1, 0.15) is 5.69 Å². The molecule has 0 saturated carbocycles. The van der Waals surface area contributed by atoms with Crippen molar-refractivity contribution in [1.82, 2.24) is 4.98 Å². The molecule has 15 heavy (non-hydrogen) atoms.